The first kappa shape index (κ1) is 18.1. The monoisotopic (exact) mass is 426 g/mol. The van der Waals surface area contributed by atoms with Gasteiger partial charge < -0.3 is 9.84 Å². The fraction of sp³-hybridized carbons (Fsp3) is 0.188. The molecule has 0 radical (unpaired) electrons. The molecule has 0 saturated heterocycles. The summed E-state index contributed by atoms with van der Waals surface area (Å²) in [6, 6.07) is 8.50. The highest BCUT2D eigenvalue weighted by molar-refractivity contribution is 9.10. The molecule has 0 saturated carbocycles. The van der Waals surface area contributed by atoms with E-state index in [9.17, 15) is 18.7 Å². The van der Waals surface area contributed by atoms with Crippen LogP contribution in [0.1, 0.15) is 17.6 Å². The molecule has 3 rings (SSSR count). The van der Waals surface area contributed by atoms with Gasteiger partial charge >= 0.3 is 5.69 Å². The quantitative estimate of drug-likeness (QED) is 0.677. The van der Waals surface area contributed by atoms with Crippen molar-refractivity contribution in [1.82, 2.24) is 19.8 Å². The zero-order valence-electron chi connectivity index (χ0n) is 13.4. The van der Waals surface area contributed by atoms with E-state index in [0.29, 0.717) is 10.2 Å². The second-order valence-corrected chi connectivity index (χ2v) is 6.20. The van der Waals surface area contributed by atoms with E-state index < -0.39 is 12.1 Å². The van der Waals surface area contributed by atoms with Gasteiger partial charge in [0.1, 0.15) is 18.1 Å². The number of alkyl halides is 2. The van der Waals surface area contributed by atoms with Crippen LogP contribution in [0.4, 0.5) is 8.78 Å². The van der Waals surface area contributed by atoms with Gasteiger partial charge in [0.15, 0.2) is 0 Å². The number of halogens is 3. The number of nitrogens with zero attached hydrogens (tertiary/aromatic N) is 4. The Morgan fingerprint density at radius 2 is 2.04 bits per heavy atom. The molecular weight excluding hydrogens is 414 g/mol. The number of benzene rings is 2. The number of phenols is 1. The highest BCUT2D eigenvalue weighted by atomic mass is 79.9. The third-order valence-electron chi connectivity index (χ3n) is 3.66. The van der Waals surface area contributed by atoms with Crippen molar-refractivity contribution < 1.29 is 18.6 Å². The highest BCUT2D eigenvalue weighted by Crippen LogP contribution is 2.32. The first-order valence-corrected chi connectivity index (χ1v) is 8.18. The van der Waals surface area contributed by atoms with Crippen LogP contribution in [0.2, 0.25) is 0 Å². The molecular formula is C16H13BrF2N4O3. The lowest BCUT2D eigenvalue weighted by Crippen LogP contribution is -2.23. The molecule has 10 heteroatoms. The van der Waals surface area contributed by atoms with Gasteiger partial charge in [0.2, 0.25) is 0 Å². The Bertz CT molecular complexity index is 1000. The Morgan fingerprint density at radius 3 is 2.65 bits per heavy atom. The van der Waals surface area contributed by atoms with Gasteiger partial charge in [-0.1, -0.05) is 12.1 Å². The first-order valence-electron chi connectivity index (χ1n) is 7.39. The maximum absolute atomic E-state index is 13.5. The molecule has 0 fully saturated rings. The van der Waals surface area contributed by atoms with Gasteiger partial charge in [-0.25, -0.2) is 13.6 Å². The minimum atomic E-state index is -2.76. The van der Waals surface area contributed by atoms with Gasteiger partial charge in [-0.05, 0) is 50.6 Å². The van der Waals surface area contributed by atoms with Crippen molar-refractivity contribution in [3.63, 3.8) is 0 Å². The molecule has 1 N–H and O–H groups in total. The molecule has 0 amide bonds. The van der Waals surface area contributed by atoms with E-state index in [0.717, 1.165) is 9.36 Å². The fourth-order valence-corrected chi connectivity index (χ4v) is 2.85. The molecule has 0 bridgehead atoms. The van der Waals surface area contributed by atoms with E-state index in [-0.39, 0.29) is 29.2 Å². The molecule has 1 aromatic heterocycles. The molecule has 0 aliphatic carbocycles. The smallest absolute Gasteiger partial charge is 0.368 e. The first-order chi connectivity index (χ1) is 12.4. The Morgan fingerprint density at radius 1 is 1.27 bits per heavy atom. The molecule has 7 nitrogen and oxygen atoms in total. The number of aromatic hydroxyl groups is 1. The van der Waals surface area contributed by atoms with Crippen molar-refractivity contribution in [1.29, 1.82) is 0 Å². The molecule has 0 unspecified atom stereocenters. The average molecular weight is 427 g/mol. The predicted octanol–water partition coefficient (Wildman–Crippen LogP) is 2.95. The lowest BCUT2D eigenvalue weighted by atomic mass is 10.1. The van der Waals surface area contributed by atoms with Crippen LogP contribution in [0.5, 0.6) is 11.5 Å². The zero-order valence-corrected chi connectivity index (χ0v) is 15.0. The standard InChI is InChI=1S/C16H13BrF2N4O3/c1-22-16(25)23(21-20-22)13-4-2-3-10(15(18)19)11(13)8-26-14-6-5-9(24)7-12(14)17/h2-7,15,24H,8H2,1H3. The van der Waals surface area contributed by atoms with Crippen molar-refractivity contribution in [3.05, 3.63) is 62.5 Å². The molecule has 136 valence electrons. The summed E-state index contributed by atoms with van der Waals surface area (Å²) < 4.78 is 34.9. The van der Waals surface area contributed by atoms with Crippen molar-refractivity contribution in [2.75, 3.05) is 0 Å². The highest BCUT2D eigenvalue weighted by Gasteiger charge is 2.20. The van der Waals surface area contributed by atoms with Crippen LogP contribution in [0.25, 0.3) is 5.69 Å². The van der Waals surface area contributed by atoms with Crippen LogP contribution in [-0.4, -0.2) is 24.9 Å². The van der Waals surface area contributed by atoms with Gasteiger partial charge in [0, 0.05) is 18.2 Å². The van der Waals surface area contributed by atoms with Gasteiger partial charge in [0.05, 0.1) is 10.2 Å². The normalized spacial score (nSPS) is 11.1. The molecule has 2 aromatic carbocycles. The summed E-state index contributed by atoms with van der Waals surface area (Å²) in [5, 5.41) is 16.7. The maximum atomic E-state index is 13.5. The van der Waals surface area contributed by atoms with E-state index in [1.165, 1.54) is 43.4 Å². The second kappa shape index (κ2) is 7.24. The van der Waals surface area contributed by atoms with Crippen LogP contribution in [0, 0.1) is 0 Å². The van der Waals surface area contributed by atoms with Crippen LogP contribution in [-0.2, 0) is 13.7 Å². The third kappa shape index (κ3) is 3.45. The average Bonchev–Trinajstić information content (AvgIpc) is 2.93. The van der Waals surface area contributed by atoms with Crippen molar-refractivity contribution in [3.8, 4) is 17.2 Å². The number of hydrogen-bond donors (Lipinski definition) is 1. The predicted molar refractivity (Wildman–Crippen MR) is 91.7 cm³/mol. The fourth-order valence-electron chi connectivity index (χ4n) is 2.37. The zero-order chi connectivity index (χ0) is 18.8. The summed E-state index contributed by atoms with van der Waals surface area (Å²) in [5.41, 5.74) is -0.556. The summed E-state index contributed by atoms with van der Waals surface area (Å²) in [4.78, 5) is 12.1. The van der Waals surface area contributed by atoms with E-state index >= 15 is 0 Å². The molecule has 0 spiro atoms. The van der Waals surface area contributed by atoms with Crippen molar-refractivity contribution in [2.24, 2.45) is 7.05 Å². The number of ether oxygens (including phenoxy) is 1. The Hall–Kier alpha value is -2.75. The lowest BCUT2D eigenvalue weighted by molar-refractivity contribution is 0.148. The molecule has 1 heterocycles. The number of rotatable bonds is 5. The Kier molecular flexibility index (Phi) is 5.03. The van der Waals surface area contributed by atoms with Crippen molar-refractivity contribution >= 4 is 15.9 Å². The minimum Gasteiger partial charge on any atom is -0.508 e. The van der Waals surface area contributed by atoms with E-state index in [1.807, 2.05) is 0 Å². The van der Waals surface area contributed by atoms with Gasteiger partial charge in [-0.15, -0.1) is 0 Å². The van der Waals surface area contributed by atoms with Crippen molar-refractivity contribution in [2.45, 2.75) is 13.0 Å². The largest absolute Gasteiger partial charge is 0.508 e. The van der Waals surface area contributed by atoms with Crippen LogP contribution >= 0.6 is 15.9 Å². The Balaban J connectivity index is 2.04. The summed E-state index contributed by atoms with van der Waals surface area (Å²) >= 11 is 3.23. The SMILES string of the molecule is Cn1nnn(-c2cccc(C(F)F)c2COc2ccc(O)cc2Br)c1=O. The number of aryl methyl sites for hydroxylation is 1. The lowest BCUT2D eigenvalue weighted by Gasteiger charge is -2.15. The van der Waals surface area contributed by atoms with Crippen LogP contribution < -0.4 is 10.4 Å². The minimum absolute atomic E-state index is 0.0315. The summed E-state index contributed by atoms with van der Waals surface area (Å²) in [7, 11) is 1.41. The number of tetrazole rings is 1. The van der Waals surface area contributed by atoms with Crippen LogP contribution in [0.15, 0.2) is 45.7 Å². The topological polar surface area (TPSA) is 82.2 Å². The van der Waals surface area contributed by atoms with E-state index in [1.54, 1.807) is 0 Å². The maximum Gasteiger partial charge on any atom is 0.368 e. The molecule has 0 aliphatic rings. The summed E-state index contributed by atoms with van der Waals surface area (Å²) in [6.07, 6.45) is -2.76. The van der Waals surface area contributed by atoms with Gasteiger partial charge in [-0.3, -0.25) is 0 Å². The van der Waals surface area contributed by atoms with E-state index in [2.05, 4.69) is 26.4 Å². The van der Waals surface area contributed by atoms with E-state index in [4.69, 9.17) is 4.74 Å². The molecule has 3 aromatic rings. The van der Waals surface area contributed by atoms with Gasteiger partial charge in [0.25, 0.3) is 6.43 Å². The number of phenolic OH excluding ortho intramolecular Hbond substituents is 1. The molecule has 0 atom stereocenters. The number of aromatic nitrogens is 4. The van der Waals surface area contributed by atoms with Crippen LogP contribution in [0.3, 0.4) is 0 Å². The summed E-state index contributed by atoms with van der Waals surface area (Å²) in [6.45, 7) is -0.234. The molecule has 0 aliphatic heterocycles. The third-order valence-corrected chi connectivity index (χ3v) is 4.28. The summed E-state index contributed by atoms with van der Waals surface area (Å²) in [5.74, 6) is 0.383. The molecule has 26 heavy (non-hydrogen) atoms. The Labute approximate surface area is 154 Å². The second-order valence-electron chi connectivity index (χ2n) is 5.35. The van der Waals surface area contributed by atoms with Gasteiger partial charge in [-0.2, -0.15) is 9.36 Å². The number of hydrogen-bond acceptors (Lipinski definition) is 5.